The van der Waals surface area contributed by atoms with Gasteiger partial charge in [-0.15, -0.1) is 0 Å². The highest BCUT2D eigenvalue weighted by molar-refractivity contribution is 5.27. The second kappa shape index (κ2) is 5.65. The van der Waals surface area contributed by atoms with Crippen LogP contribution in [0.3, 0.4) is 0 Å². The zero-order chi connectivity index (χ0) is 12.1. The lowest BCUT2D eigenvalue weighted by Gasteiger charge is -2.14. The van der Waals surface area contributed by atoms with Gasteiger partial charge in [-0.3, -0.25) is 0 Å². The van der Waals surface area contributed by atoms with Crippen LogP contribution in [-0.4, -0.2) is 13.1 Å². The Morgan fingerprint density at radius 3 is 2.53 bits per heavy atom. The van der Waals surface area contributed by atoms with Gasteiger partial charge in [0.05, 0.1) is 0 Å². The fourth-order valence-electron chi connectivity index (χ4n) is 2.41. The van der Waals surface area contributed by atoms with Crippen molar-refractivity contribution in [1.29, 1.82) is 0 Å². The van der Waals surface area contributed by atoms with Crippen LogP contribution in [0.1, 0.15) is 37.3 Å². The summed E-state index contributed by atoms with van der Waals surface area (Å²) in [7, 11) is 0. The smallest absolute Gasteiger partial charge is 0.0180 e. The van der Waals surface area contributed by atoms with Crippen LogP contribution in [0, 0.1) is 5.41 Å². The van der Waals surface area contributed by atoms with Crippen LogP contribution >= 0.6 is 0 Å². The summed E-state index contributed by atoms with van der Waals surface area (Å²) in [5, 5.41) is 3.60. The zero-order valence-electron chi connectivity index (χ0n) is 10.8. The number of hydrogen-bond acceptors (Lipinski definition) is 2. The predicted molar refractivity (Wildman–Crippen MR) is 72.9 cm³/mol. The molecule has 1 saturated carbocycles. The number of nitrogens with two attached hydrogens (primary N) is 1. The Morgan fingerprint density at radius 2 is 1.94 bits per heavy atom. The molecule has 0 bridgehead atoms. The van der Waals surface area contributed by atoms with Crippen molar-refractivity contribution in [3.8, 4) is 0 Å². The van der Waals surface area contributed by atoms with Crippen LogP contribution in [0.4, 0.5) is 0 Å². The minimum atomic E-state index is 0.646. The maximum atomic E-state index is 5.74. The summed E-state index contributed by atoms with van der Waals surface area (Å²) >= 11 is 0. The third kappa shape index (κ3) is 3.30. The van der Waals surface area contributed by atoms with Gasteiger partial charge in [-0.05, 0) is 48.8 Å². The average molecular weight is 232 g/mol. The van der Waals surface area contributed by atoms with E-state index in [1.165, 1.54) is 36.9 Å². The third-order valence-corrected chi connectivity index (χ3v) is 4.12. The van der Waals surface area contributed by atoms with Crippen molar-refractivity contribution in [2.75, 3.05) is 13.1 Å². The molecule has 0 saturated heterocycles. The minimum absolute atomic E-state index is 0.646. The normalized spacial score (nSPS) is 17.1. The van der Waals surface area contributed by atoms with Crippen LogP contribution in [0.25, 0.3) is 0 Å². The lowest BCUT2D eigenvalue weighted by atomic mass is 10.0. The fourth-order valence-corrected chi connectivity index (χ4v) is 2.41. The van der Waals surface area contributed by atoms with E-state index in [1.54, 1.807) is 0 Å². The molecule has 17 heavy (non-hydrogen) atoms. The molecular weight excluding hydrogens is 208 g/mol. The second-order valence-corrected chi connectivity index (χ2v) is 5.25. The number of rotatable bonds is 7. The van der Waals surface area contributed by atoms with Gasteiger partial charge in [0.1, 0.15) is 0 Å². The topological polar surface area (TPSA) is 38.0 Å². The van der Waals surface area contributed by atoms with E-state index >= 15 is 0 Å². The Hall–Kier alpha value is -0.860. The molecule has 0 aliphatic heterocycles. The minimum Gasteiger partial charge on any atom is -0.326 e. The van der Waals surface area contributed by atoms with Crippen LogP contribution in [0.15, 0.2) is 24.3 Å². The van der Waals surface area contributed by atoms with Gasteiger partial charge < -0.3 is 11.1 Å². The van der Waals surface area contributed by atoms with E-state index in [0.717, 1.165) is 13.0 Å². The highest BCUT2D eigenvalue weighted by Crippen LogP contribution is 2.47. The first-order chi connectivity index (χ1) is 8.29. The number of benzene rings is 1. The summed E-state index contributed by atoms with van der Waals surface area (Å²) in [4.78, 5) is 0. The summed E-state index contributed by atoms with van der Waals surface area (Å²) in [6.45, 7) is 5.21. The Morgan fingerprint density at radius 1 is 1.24 bits per heavy atom. The van der Waals surface area contributed by atoms with E-state index in [0.29, 0.717) is 12.0 Å². The van der Waals surface area contributed by atoms with Crippen molar-refractivity contribution < 1.29 is 0 Å². The summed E-state index contributed by atoms with van der Waals surface area (Å²) in [6.07, 6.45) is 5.23. The van der Waals surface area contributed by atoms with Crippen molar-refractivity contribution in [2.45, 2.75) is 39.2 Å². The molecule has 0 radical (unpaired) electrons. The first-order valence-electron chi connectivity index (χ1n) is 6.77. The standard InChI is InChI=1S/C15H24N2/c1-2-15(8-9-15)12-17-10-7-13-5-3-4-6-14(13)11-16/h3-6,17H,2,7-12,16H2,1H3. The predicted octanol–water partition coefficient (Wildman–Crippen LogP) is 2.47. The number of hydrogen-bond donors (Lipinski definition) is 2. The molecule has 0 unspecified atom stereocenters. The SMILES string of the molecule is CCC1(CNCCc2ccccc2CN)CC1. The molecule has 2 rings (SSSR count). The van der Waals surface area contributed by atoms with Gasteiger partial charge in [-0.2, -0.15) is 0 Å². The summed E-state index contributed by atoms with van der Waals surface area (Å²) < 4.78 is 0. The fraction of sp³-hybridized carbons (Fsp3) is 0.600. The van der Waals surface area contributed by atoms with Crippen molar-refractivity contribution in [3.05, 3.63) is 35.4 Å². The lowest BCUT2D eigenvalue weighted by molar-refractivity contribution is 0.446. The van der Waals surface area contributed by atoms with Crippen LogP contribution in [-0.2, 0) is 13.0 Å². The average Bonchev–Trinajstić information content (AvgIpc) is 3.16. The van der Waals surface area contributed by atoms with Gasteiger partial charge >= 0.3 is 0 Å². The molecule has 0 aromatic heterocycles. The van der Waals surface area contributed by atoms with E-state index in [4.69, 9.17) is 5.73 Å². The van der Waals surface area contributed by atoms with E-state index in [9.17, 15) is 0 Å². The number of nitrogens with one attached hydrogen (secondary N) is 1. The Bertz CT molecular complexity index is 356. The molecule has 1 aliphatic rings. The molecule has 1 aromatic rings. The summed E-state index contributed by atoms with van der Waals surface area (Å²) in [5.74, 6) is 0. The molecule has 1 fully saturated rings. The molecule has 0 spiro atoms. The van der Waals surface area contributed by atoms with Crippen molar-refractivity contribution >= 4 is 0 Å². The van der Waals surface area contributed by atoms with Crippen LogP contribution < -0.4 is 11.1 Å². The van der Waals surface area contributed by atoms with Crippen molar-refractivity contribution in [3.63, 3.8) is 0 Å². The van der Waals surface area contributed by atoms with Gasteiger partial charge in [0.15, 0.2) is 0 Å². The Balaban J connectivity index is 1.74. The quantitative estimate of drug-likeness (QED) is 0.709. The first-order valence-corrected chi connectivity index (χ1v) is 6.77. The van der Waals surface area contributed by atoms with Gasteiger partial charge in [-0.25, -0.2) is 0 Å². The van der Waals surface area contributed by atoms with Crippen LogP contribution in [0.5, 0.6) is 0 Å². The Kier molecular flexibility index (Phi) is 4.19. The molecule has 0 heterocycles. The molecule has 0 atom stereocenters. The van der Waals surface area contributed by atoms with Crippen LogP contribution in [0.2, 0.25) is 0 Å². The molecule has 0 amide bonds. The lowest BCUT2D eigenvalue weighted by Crippen LogP contribution is -2.25. The van der Waals surface area contributed by atoms with Crippen molar-refractivity contribution in [2.24, 2.45) is 11.1 Å². The molecule has 1 aromatic carbocycles. The van der Waals surface area contributed by atoms with E-state index in [2.05, 4.69) is 36.5 Å². The Labute approximate surface area is 105 Å². The summed E-state index contributed by atoms with van der Waals surface area (Å²) in [5.41, 5.74) is 9.06. The maximum absolute atomic E-state index is 5.74. The maximum Gasteiger partial charge on any atom is 0.0180 e. The van der Waals surface area contributed by atoms with E-state index in [-0.39, 0.29) is 0 Å². The third-order valence-electron chi connectivity index (χ3n) is 4.12. The van der Waals surface area contributed by atoms with Gasteiger partial charge in [0.25, 0.3) is 0 Å². The van der Waals surface area contributed by atoms with Gasteiger partial charge in [0, 0.05) is 13.1 Å². The van der Waals surface area contributed by atoms with Crippen molar-refractivity contribution in [1.82, 2.24) is 5.32 Å². The molecule has 1 aliphatic carbocycles. The highest BCUT2D eigenvalue weighted by atomic mass is 14.9. The van der Waals surface area contributed by atoms with E-state index in [1.807, 2.05) is 0 Å². The molecule has 94 valence electrons. The highest BCUT2D eigenvalue weighted by Gasteiger charge is 2.39. The molecular formula is C15H24N2. The second-order valence-electron chi connectivity index (χ2n) is 5.25. The van der Waals surface area contributed by atoms with E-state index < -0.39 is 0 Å². The van der Waals surface area contributed by atoms with Gasteiger partial charge in [0.2, 0.25) is 0 Å². The largest absolute Gasteiger partial charge is 0.326 e. The van der Waals surface area contributed by atoms with Gasteiger partial charge in [-0.1, -0.05) is 31.2 Å². The zero-order valence-corrected chi connectivity index (χ0v) is 10.8. The summed E-state index contributed by atoms with van der Waals surface area (Å²) in [6, 6.07) is 8.48. The monoisotopic (exact) mass is 232 g/mol. The molecule has 2 nitrogen and oxygen atoms in total. The molecule has 3 N–H and O–H groups in total. The first kappa shape index (κ1) is 12.6. The molecule has 2 heteroatoms.